The Hall–Kier alpha value is -1.71. The number of hydrogen-bond donors (Lipinski definition) is 1. The summed E-state index contributed by atoms with van der Waals surface area (Å²) in [6.07, 6.45) is 0. The third-order valence-corrected chi connectivity index (χ3v) is 2.08. The van der Waals surface area contributed by atoms with Crippen LogP contribution in [0.5, 0.6) is 11.5 Å². The number of hydrogen-bond acceptors (Lipinski definition) is 3. The fourth-order valence-electron chi connectivity index (χ4n) is 1.36. The Balaban J connectivity index is 2.44. The number of methoxy groups -OCH3 is 1. The summed E-state index contributed by atoms with van der Waals surface area (Å²) in [4.78, 5) is 11.5. The minimum absolute atomic E-state index is 0.114. The van der Waals surface area contributed by atoms with E-state index in [4.69, 9.17) is 9.47 Å². The highest BCUT2D eigenvalue weighted by Crippen LogP contribution is 2.24. The molecule has 2 rings (SSSR count). The second kappa shape index (κ2) is 3.57. The Morgan fingerprint density at radius 2 is 2.36 bits per heavy atom. The molecule has 1 aromatic rings. The van der Waals surface area contributed by atoms with Gasteiger partial charge in [0, 0.05) is 0 Å². The maximum absolute atomic E-state index is 11.5. The van der Waals surface area contributed by atoms with Crippen LogP contribution in [0.15, 0.2) is 18.2 Å². The molecule has 0 saturated carbocycles. The van der Waals surface area contributed by atoms with Crippen LogP contribution < -0.4 is 14.8 Å². The second-order valence-corrected chi connectivity index (χ2v) is 2.97. The highest BCUT2D eigenvalue weighted by atomic mass is 16.5. The summed E-state index contributed by atoms with van der Waals surface area (Å²) >= 11 is 0. The van der Waals surface area contributed by atoms with Crippen molar-refractivity contribution in [3.8, 4) is 11.5 Å². The van der Waals surface area contributed by atoms with Gasteiger partial charge in [0.15, 0.2) is 0 Å². The number of amides is 1. The molecule has 0 saturated heterocycles. The van der Waals surface area contributed by atoms with Gasteiger partial charge in [0.1, 0.15) is 18.1 Å². The average Bonchev–Trinajstić information content (AvgIpc) is 2.40. The minimum atomic E-state index is -0.114. The molecule has 74 valence electrons. The van der Waals surface area contributed by atoms with Crippen LogP contribution >= 0.6 is 0 Å². The predicted molar refractivity (Wildman–Crippen MR) is 50.8 cm³/mol. The lowest BCUT2D eigenvalue weighted by molar-refractivity contribution is 0.0957. The molecule has 0 aromatic heterocycles. The quantitative estimate of drug-likeness (QED) is 0.718. The number of carbonyl (C=O) groups excluding carboxylic acids is 1. The second-order valence-electron chi connectivity index (χ2n) is 2.97. The van der Waals surface area contributed by atoms with Crippen LogP contribution in [0.1, 0.15) is 10.4 Å². The Labute approximate surface area is 81.8 Å². The molecule has 0 bridgehead atoms. The van der Waals surface area contributed by atoms with Crippen LogP contribution in [0, 0.1) is 0 Å². The lowest BCUT2D eigenvalue weighted by atomic mass is 10.2. The lowest BCUT2D eigenvalue weighted by Gasteiger charge is -2.06. The summed E-state index contributed by atoms with van der Waals surface area (Å²) in [5.41, 5.74) is 0.529. The largest absolute Gasteiger partial charge is 0.497 e. The van der Waals surface area contributed by atoms with E-state index in [9.17, 15) is 4.79 Å². The van der Waals surface area contributed by atoms with Gasteiger partial charge < -0.3 is 14.8 Å². The lowest BCUT2D eigenvalue weighted by Crippen LogP contribution is -2.24. The number of ether oxygens (including phenoxy) is 2. The molecule has 1 aliphatic rings. The van der Waals surface area contributed by atoms with E-state index in [1.807, 2.05) is 0 Å². The summed E-state index contributed by atoms with van der Waals surface area (Å²) in [6, 6.07) is 5.20. The van der Waals surface area contributed by atoms with Crippen LogP contribution in [-0.2, 0) is 0 Å². The van der Waals surface area contributed by atoms with Crippen molar-refractivity contribution in [2.24, 2.45) is 0 Å². The third-order valence-electron chi connectivity index (χ3n) is 2.08. The molecule has 14 heavy (non-hydrogen) atoms. The Morgan fingerprint density at radius 3 is 3.14 bits per heavy atom. The van der Waals surface area contributed by atoms with E-state index < -0.39 is 0 Å². The normalized spacial score (nSPS) is 14.8. The number of nitrogens with one attached hydrogen (secondary N) is 1. The summed E-state index contributed by atoms with van der Waals surface area (Å²) in [7, 11) is 1.57. The van der Waals surface area contributed by atoms with Crippen molar-refractivity contribution in [2.75, 3.05) is 20.3 Å². The fourth-order valence-corrected chi connectivity index (χ4v) is 1.36. The number of fused-ring (bicyclic) bond motifs is 1. The van der Waals surface area contributed by atoms with Crippen LogP contribution in [0.4, 0.5) is 0 Å². The zero-order chi connectivity index (χ0) is 9.97. The molecular formula is C10H11NO3. The molecule has 4 heteroatoms. The van der Waals surface area contributed by atoms with Gasteiger partial charge in [-0.2, -0.15) is 0 Å². The first kappa shape index (κ1) is 8.87. The third kappa shape index (κ3) is 1.51. The van der Waals surface area contributed by atoms with Gasteiger partial charge >= 0.3 is 0 Å². The summed E-state index contributed by atoms with van der Waals surface area (Å²) < 4.78 is 10.4. The molecule has 1 aliphatic heterocycles. The number of benzene rings is 1. The first-order chi connectivity index (χ1) is 6.81. The van der Waals surface area contributed by atoms with Crippen molar-refractivity contribution in [3.63, 3.8) is 0 Å². The molecule has 0 radical (unpaired) electrons. The molecule has 0 atom stereocenters. The molecule has 0 unspecified atom stereocenters. The van der Waals surface area contributed by atoms with Crippen LogP contribution in [0.3, 0.4) is 0 Å². The first-order valence-electron chi connectivity index (χ1n) is 4.40. The van der Waals surface area contributed by atoms with Gasteiger partial charge in [-0.25, -0.2) is 0 Å². The summed E-state index contributed by atoms with van der Waals surface area (Å²) in [6.45, 7) is 1.04. The Morgan fingerprint density at radius 1 is 1.50 bits per heavy atom. The highest BCUT2D eigenvalue weighted by molar-refractivity contribution is 5.97. The van der Waals surface area contributed by atoms with Crippen molar-refractivity contribution < 1.29 is 14.3 Å². The van der Waals surface area contributed by atoms with E-state index >= 15 is 0 Å². The van der Waals surface area contributed by atoms with Gasteiger partial charge in [-0.05, 0) is 18.2 Å². The Kier molecular flexibility index (Phi) is 2.26. The molecule has 4 nitrogen and oxygen atoms in total. The molecular weight excluding hydrogens is 182 g/mol. The van der Waals surface area contributed by atoms with Gasteiger partial charge in [-0.1, -0.05) is 0 Å². The van der Waals surface area contributed by atoms with Crippen molar-refractivity contribution in [1.82, 2.24) is 5.32 Å². The fraction of sp³-hybridized carbons (Fsp3) is 0.300. The zero-order valence-corrected chi connectivity index (χ0v) is 7.87. The molecule has 0 aliphatic carbocycles. The van der Waals surface area contributed by atoms with Gasteiger partial charge in [-0.15, -0.1) is 0 Å². The molecule has 1 heterocycles. The molecule has 0 spiro atoms. The molecule has 1 N–H and O–H groups in total. The molecule has 1 amide bonds. The maximum atomic E-state index is 11.5. The van der Waals surface area contributed by atoms with Crippen molar-refractivity contribution in [2.45, 2.75) is 0 Å². The standard InChI is InChI=1S/C10H11NO3/c1-13-7-2-3-9-8(6-7)10(12)11-4-5-14-9/h2-3,6H,4-5H2,1H3,(H,11,12). The zero-order valence-electron chi connectivity index (χ0n) is 7.87. The van der Waals surface area contributed by atoms with E-state index in [0.29, 0.717) is 30.2 Å². The monoisotopic (exact) mass is 193 g/mol. The van der Waals surface area contributed by atoms with Gasteiger partial charge in [0.25, 0.3) is 5.91 Å². The average molecular weight is 193 g/mol. The SMILES string of the molecule is COc1ccc2c(c1)C(=O)NCCO2. The number of carbonyl (C=O) groups is 1. The summed E-state index contributed by atoms with van der Waals surface area (Å²) in [5, 5.41) is 2.73. The minimum Gasteiger partial charge on any atom is -0.497 e. The van der Waals surface area contributed by atoms with E-state index in [2.05, 4.69) is 5.32 Å². The maximum Gasteiger partial charge on any atom is 0.255 e. The van der Waals surface area contributed by atoms with Crippen molar-refractivity contribution >= 4 is 5.91 Å². The van der Waals surface area contributed by atoms with Crippen LogP contribution in [-0.4, -0.2) is 26.2 Å². The molecule has 0 fully saturated rings. The highest BCUT2D eigenvalue weighted by Gasteiger charge is 2.16. The van der Waals surface area contributed by atoms with Crippen LogP contribution in [0.2, 0.25) is 0 Å². The van der Waals surface area contributed by atoms with E-state index in [1.165, 1.54) is 0 Å². The van der Waals surface area contributed by atoms with E-state index in [-0.39, 0.29) is 5.91 Å². The smallest absolute Gasteiger partial charge is 0.255 e. The topological polar surface area (TPSA) is 47.6 Å². The van der Waals surface area contributed by atoms with Gasteiger partial charge in [0.05, 0.1) is 19.2 Å². The van der Waals surface area contributed by atoms with E-state index in [0.717, 1.165) is 0 Å². The predicted octanol–water partition coefficient (Wildman–Crippen LogP) is 0.817. The number of rotatable bonds is 1. The molecule has 1 aromatic carbocycles. The first-order valence-corrected chi connectivity index (χ1v) is 4.40. The summed E-state index contributed by atoms with van der Waals surface area (Å²) in [5.74, 6) is 1.15. The van der Waals surface area contributed by atoms with E-state index in [1.54, 1.807) is 25.3 Å². The van der Waals surface area contributed by atoms with Crippen LogP contribution in [0.25, 0.3) is 0 Å². The van der Waals surface area contributed by atoms with Gasteiger partial charge in [-0.3, -0.25) is 4.79 Å². The Bertz CT molecular complexity index is 362. The van der Waals surface area contributed by atoms with Gasteiger partial charge in [0.2, 0.25) is 0 Å². The van der Waals surface area contributed by atoms with Crippen molar-refractivity contribution in [1.29, 1.82) is 0 Å². The van der Waals surface area contributed by atoms with Crippen molar-refractivity contribution in [3.05, 3.63) is 23.8 Å².